The van der Waals surface area contributed by atoms with Gasteiger partial charge in [0, 0.05) is 11.3 Å². The molecule has 2 N–H and O–H groups in total. The Kier molecular flexibility index (Phi) is 5.39. The molecule has 0 fully saturated rings. The van der Waals surface area contributed by atoms with E-state index in [0.717, 1.165) is 4.88 Å². The van der Waals surface area contributed by atoms with Crippen molar-refractivity contribution in [3.05, 3.63) is 88.7 Å². The molecule has 166 valence electrons. The first-order valence-corrected chi connectivity index (χ1v) is 11.1. The molecule has 7 nitrogen and oxygen atoms in total. The highest BCUT2D eigenvalue weighted by atomic mass is 32.1. The lowest BCUT2D eigenvalue weighted by molar-refractivity contribution is -0.113. The van der Waals surface area contributed by atoms with Crippen molar-refractivity contribution < 1.29 is 13.9 Å². The van der Waals surface area contributed by atoms with Gasteiger partial charge in [0.25, 0.3) is 5.91 Å². The molecule has 0 spiro atoms. The number of carbonyl (C=O) groups is 1. The maximum Gasteiger partial charge on any atom is 0.255 e. The molecule has 0 aliphatic carbocycles. The second-order valence-corrected chi connectivity index (χ2v) is 8.37. The normalized spacial score (nSPS) is 15.1. The molecule has 9 heteroatoms. The molecule has 1 aliphatic heterocycles. The molecule has 0 bridgehead atoms. The molecule has 1 amide bonds. The van der Waals surface area contributed by atoms with E-state index in [4.69, 9.17) is 4.74 Å². The van der Waals surface area contributed by atoms with Crippen LogP contribution in [0.5, 0.6) is 5.75 Å². The summed E-state index contributed by atoms with van der Waals surface area (Å²) in [5.74, 6) is 0.651. The first kappa shape index (κ1) is 20.9. The van der Waals surface area contributed by atoms with Crippen LogP contribution in [0.3, 0.4) is 0 Å². The van der Waals surface area contributed by atoms with Gasteiger partial charge in [0.2, 0.25) is 5.95 Å². The van der Waals surface area contributed by atoms with E-state index in [1.54, 1.807) is 48.0 Å². The van der Waals surface area contributed by atoms with E-state index in [9.17, 15) is 4.79 Å². The quantitative estimate of drug-likeness (QED) is 0.433. The van der Waals surface area contributed by atoms with E-state index >= 15 is 4.39 Å². The lowest BCUT2D eigenvalue weighted by atomic mass is 9.94. The summed E-state index contributed by atoms with van der Waals surface area (Å²) in [7, 11) is 1.54. The Morgan fingerprint density at radius 2 is 1.94 bits per heavy atom. The van der Waals surface area contributed by atoms with Gasteiger partial charge in [0.05, 0.1) is 23.2 Å². The highest BCUT2D eigenvalue weighted by molar-refractivity contribution is 7.13. The fourth-order valence-electron chi connectivity index (χ4n) is 3.88. The van der Waals surface area contributed by atoms with Crippen LogP contribution < -0.4 is 15.4 Å². The monoisotopic (exact) mass is 461 g/mol. The number of thiophene rings is 1. The van der Waals surface area contributed by atoms with Crippen molar-refractivity contribution >= 4 is 28.9 Å². The highest BCUT2D eigenvalue weighted by Gasteiger charge is 2.36. The number of aromatic nitrogens is 3. The van der Waals surface area contributed by atoms with Gasteiger partial charge < -0.3 is 15.4 Å². The van der Waals surface area contributed by atoms with Gasteiger partial charge in [-0.05, 0) is 36.6 Å². The van der Waals surface area contributed by atoms with E-state index in [1.807, 2.05) is 23.6 Å². The number of ether oxygens (including phenoxy) is 1. The molecule has 2 aromatic heterocycles. The number of benzene rings is 2. The lowest BCUT2D eigenvalue weighted by Crippen LogP contribution is -2.32. The smallest absolute Gasteiger partial charge is 0.255 e. The number of hydrogen-bond acceptors (Lipinski definition) is 6. The maximum atomic E-state index is 15.0. The van der Waals surface area contributed by atoms with Crippen LogP contribution in [0.15, 0.2) is 77.3 Å². The van der Waals surface area contributed by atoms with Crippen molar-refractivity contribution in [1.29, 1.82) is 0 Å². The Morgan fingerprint density at radius 1 is 1.15 bits per heavy atom. The third-order valence-corrected chi connectivity index (χ3v) is 6.26. The van der Waals surface area contributed by atoms with Crippen LogP contribution in [0.1, 0.15) is 18.5 Å². The van der Waals surface area contributed by atoms with Crippen LogP contribution in [0, 0.1) is 5.82 Å². The van der Waals surface area contributed by atoms with Crippen molar-refractivity contribution in [3.8, 4) is 16.5 Å². The minimum absolute atomic E-state index is 0.326. The van der Waals surface area contributed by atoms with E-state index in [1.165, 1.54) is 24.5 Å². The number of nitrogens with one attached hydrogen (secondary N) is 2. The number of nitrogens with zero attached hydrogens (tertiary/aromatic N) is 3. The van der Waals surface area contributed by atoms with Crippen molar-refractivity contribution in [3.63, 3.8) is 0 Å². The van der Waals surface area contributed by atoms with Crippen molar-refractivity contribution in [2.45, 2.75) is 13.0 Å². The fraction of sp³-hybridized carbons (Fsp3) is 0.125. The van der Waals surface area contributed by atoms with Crippen LogP contribution in [-0.2, 0) is 4.79 Å². The van der Waals surface area contributed by atoms with Crippen LogP contribution >= 0.6 is 11.3 Å². The molecule has 4 aromatic rings. The van der Waals surface area contributed by atoms with Gasteiger partial charge in [-0.15, -0.1) is 16.4 Å². The van der Waals surface area contributed by atoms with Gasteiger partial charge in [-0.1, -0.05) is 36.4 Å². The zero-order chi connectivity index (χ0) is 22.9. The Hall–Kier alpha value is -3.98. The van der Waals surface area contributed by atoms with E-state index < -0.39 is 17.8 Å². The summed E-state index contributed by atoms with van der Waals surface area (Å²) in [4.78, 5) is 19.0. The first-order valence-electron chi connectivity index (χ1n) is 10.2. The average Bonchev–Trinajstić information content (AvgIpc) is 3.49. The SMILES string of the molecule is COc1ccccc1NC(=O)C1=C(C)Nc2nc(-c3cccs3)nn2[C@@H]1c1ccccc1F. The van der Waals surface area contributed by atoms with Crippen molar-refractivity contribution in [2.75, 3.05) is 17.7 Å². The summed E-state index contributed by atoms with van der Waals surface area (Å²) >= 11 is 1.51. The number of hydrogen-bond donors (Lipinski definition) is 2. The molecule has 1 aliphatic rings. The Labute approximate surface area is 193 Å². The summed E-state index contributed by atoms with van der Waals surface area (Å²) < 4.78 is 21.9. The third-order valence-electron chi connectivity index (χ3n) is 5.39. The third kappa shape index (κ3) is 3.76. The van der Waals surface area contributed by atoms with Crippen LogP contribution in [0.4, 0.5) is 16.0 Å². The number of methoxy groups -OCH3 is 1. The molecule has 3 heterocycles. The molecular formula is C24H20FN5O2S. The molecule has 33 heavy (non-hydrogen) atoms. The summed E-state index contributed by atoms with van der Waals surface area (Å²) in [5, 5.41) is 12.7. The Balaban J connectivity index is 1.62. The van der Waals surface area contributed by atoms with Crippen molar-refractivity contribution in [1.82, 2.24) is 14.8 Å². The topological polar surface area (TPSA) is 81.1 Å². The number of amides is 1. The number of allylic oxidation sites excluding steroid dienone is 1. The molecule has 5 rings (SSSR count). The largest absolute Gasteiger partial charge is 0.495 e. The number of halogens is 1. The fourth-order valence-corrected chi connectivity index (χ4v) is 4.53. The molecule has 0 saturated heterocycles. The molecule has 1 atom stereocenters. The summed E-state index contributed by atoms with van der Waals surface area (Å²) in [6, 6.07) is 16.5. The maximum absolute atomic E-state index is 15.0. The van der Waals surface area contributed by atoms with Gasteiger partial charge in [-0.2, -0.15) is 4.98 Å². The number of carbonyl (C=O) groups excluding carboxylic acids is 1. The second-order valence-electron chi connectivity index (χ2n) is 7.42. The minimum atomic E-state index is -0.807. The lowest BCUT2D eigenvalue weighted by Gasteiger charge is -2.29. The first-order chi connectivity index (χ1) is 16.1. The average molecular weight is 462 g/mol. The molecule has 0 saturated carbocycles. The van der Waals surface area contributed by atoms with Crippen LogP contribution in [0.2, 0.25) is 0 Å². The van der Waals surface area contributed by atoms with Gasteiger partial charge in [0.15, 0.2) is 5.82 Å². The molecule has 0 unspecified atom stereocenters. The van der Waals surface area contributed by atoms with E-state index in [-0.39, 0.29) is 0 Å². The zero-order valence-electron chi connectivity index (χ0n) is 17.9. The molecular weight excluding hydrogens is 441 g/mol. The van der Waals surface area contributed by atoms with Gasteiger partial charge in [-0.3, -0.25) is 4.79 Å². The predicted molar refractivity (Wildman–Crippen MR) is 126 cm³/mol. The number of rotatable bonds is 5. The van der Waals surface area contributed by atoms with Gasteiger partial charge >= 0.3 is 0 Å². The van der Waals surface area contributed by atoms with Gasteiger partial charge in [0.1, 0.15) is 17.6 Å². The predicted octanol–water partition coefficient (Wildman–Crippen LogP) is 5.08. The summed E-state index contributed by atoms with van der Waals surface area (Å²) in [6.07, 6.45) is 0. The summed E-state index contributed by atoms with van der Waals surface area (Å²) in [6.45, 7) is 1.77. The van der Waals surface area contributed by atoms with Crippen molar-refractivity contribution in [2.24, 2.45) is 0 Å². The van der Waals surface area contributed by atoms with E-state index in [0.29, 0.717) is 40.0 Å². The zero-order valence-corrected chi connectivity index (χ0v) is 18.7. The standard InChI is InChI=1S/C24H20FN5O2S/c1-14-20(23(31)27-17-10-5-6-11-18(17)32-2)21(15-8-3-4-9-16(15)25)30-24(26-14)28-22(29-30)19-12-7-13-33-19/h3-13,21H,1-2H3,(H,27,31)(H,26,28,29)/t21-/m1/s1. The number of fused-ring (bicyclic) bond motifs is 1. The highest BCUT2D eigenvalue weighted by Crippen LogP contribution is 2.38. The summed E-state index contributed by atoms with van der Waals surface area (Å²) in [5.41, 5.74) is 1.74. The number of para-hydroxylation sites is 2. The second kappa shape index (κ2) is 8.51. The Bertz CT molecular complexity index is 1360. The number of anilines is 2. The molecule has 0 radical (unpaired) electrons. The Morgan fingerprint density at radius 3 is 2.70 bits per heavy atom. The van der Waals surface area contributed by atoms with Gasteiger partial charge in [-0.25, -0.2) is 9.07 Å². The van der Waals surface area contributed by atoms with Crippen LogP contribution in [0.25, 0.3) is 10.7 Å². The minimum Gasteiger partial charge on any atom is -0.495 e. The van der Waals surface area contributed by atoms with E-state index in [2.05, 4.69) is 20.7 Å². The van der Waals surface area contributed by atoms with Crippen LogP contribution in [-0.4, -0.2) is 27.8 Å². The molecule has 2 aromatic carbocycles.